The number of rotatable bonds is 4. The zero-order chi connectivity index (χ0) is 24.5. The number of hydrogen-bond acceptors (Lipinski definition) is 3. The molecule has 4 amide bonds. The fourth-order valence-electron chi connectivity index (χ4n) is 4.39. The summed E-state index contributed by atoms with van der Waals surface area (Å²) in [6.07, 6.45) is 1.55. The quantitative estimate of drug-likeness (QED) is 0.326. The van der Waals surface area contributed by atoms with Crippen molar-refractivity contribution in [3.8, 4) is 16.8 Å². The van der Waals surface area contributed by atoms with Gasteiger partial charge in [-0.1, -0.05) is 60.7 Å². The smallest absolute Gasteiger partial charge is 0.318 e. The van der Waals surface area contributed by atoms with Gasteiger partial charge in [-0.05, 0) is 66.9 Å². The number of barbiturate groups is 1. The molecule has 1 saturated heterocycles. The highest BCUT2D eigenvalue weighted by Crippen LogP contribution is 2.27. The maximum Gasteiger partial charge on any atom is 0.335 e. The van der Waals surface area contributed by atoms with E-state index in [1.807, 2.05) is 50.2 Å². The lowest BCUT2D eigenvalue weighted by atomic mass is 10.1. The van der Waals surface area contributed by atoms with Crippen molar-refractivity contribution in [2.45, 2.75) is 13.8 Å². The number of para-hydroxylation sites is 1. The van der Waals surface area contributed by atoms with Crippen LogP contribution in [0.1, 0.15) is 17.0 Å². The molecule has 0 spiro atoms. The molecule has 5 rings (SSSR count). The van der Waals surface area contributed by atoms with Gasteiger partial charge in [0.25, 0.3) is 11.8 Å². The summed E-state index contributed by atoms with van der Waals surface area (Å²) in [5.74, 6) is -1.36. The predicted molar refractivity (Wildman–Crippen MR) is 136 cm³/mol. The molecular weight excluding hydrogens is 438 g/mol. The highest BCUT2D eigenvalue weighted by molar-refractivity contribution is 6.39. The topological polar surface area (TPSA) is 71.4 Å². The predicted octanol–water partition coefficient (Wildman–Crippen LogP) is 5.43. The van der Waals surface area contributed by atoms with Crippen LogP contribution in [0.15, 0.2) is 96.6 Å². The van der Waals surface area contributed by atoms with Gasteiger partial charge in [0, 0.05) is 17.1 Å². The maximum atomic E-state index is 13.2. The average molecular weight is 462 g/mol. The number of urea groups is 1. The van der Waals surface area contributed by atoms with E-state index in [9.17, 15) is 14.4 Å². The monoisotopic (exact) mass is 461 g/mol. The van der Waals surface area contributed by atoms with Gasteiger partial charge in [-0.15, -0.1) is 0 Å². The molecule has 0 saturated carbocycles. The van der Waals surface area contributed by atoms with Crippen molar-refractivity contribution in [1.82, 2.24) is 9.88 Å². The number of imide groups is 2. The van der Waals surface area contributed by atoms with Gasteiger partial charge in [0.1, 0.15) is 5.57 Å². The largest absolute Gasteiger partial charge is 0.335 e. The molecule has 0 radical (unpaired) electrons. The molecule has 0 bridgehead atoms. The molecule has 1 N–H and O–H groups in total. The van der Waals surface area contributed by atoms with Crippen LogP contribution in [0.3, 0.4) is 0 Å². The minimum atomic E-state index is -0.757. The number of carbonyl (C=O) groups is 3. The van der Waals surface area contributed by atoms with E-state index in [2.05, 4.69) is 34.1 Å². The molecule has 1 aliphatic heterocycles. The summed E-state index contributed by atoms with van der Waals surface area (Å²) in [7, 11) is 0. The third-order valence-electron chi connectivity index (χ3n) is 6.12. The highest BCUT2D eigenvalue weighted by atomic mass is 16.2. The van der Waals surface area contributed by atoms with Gasteiger partial charge in [0.05, 0.1) is 5.69 Å². The fourth-order valence-corrected chi connectivity index (χ4v) is 4.39. The molecule has 172 valence electrons. The van der Waals surface area contributed by atoms with Gasteiger partial charge in [-0.25, -0.2) is 9.69 Å². The Morgan fingerprint density at radius 1 is 0.714 bits per heavy atom. The first-order valence-corrected chi connectivity index (χ1v) is 11.3. The molecule has 6 heteroatoms. The van der Waals surface area contributed by atoms with Crippen LogP contribution in [-0.4, -0.2) is 22.4 Å². The van der Waals surface area contributed by atoms with Gasteiger partial charge in [-0.3, -0.25) is 14.9 Å². The number of nitrogens with one attached hydrogen (secondary N) is 1. The number of hydrogen-bond donors (Lipinski definition) is 1. The van der Waals surface area contributed by atoms with Crippen molar-refractivity contribution >= 4 is 29.6 Å². The van der Waals surface area contributed by atoms with Crippen LogP contribution in [0.25, 0.3) is 22.9 Å². The number of benzene rings is 3. The average Bonchev–Trinajstić information content (AvgIpc) is 3.15. The van der Waals surface area contributed by atoms with E-state index in [0.29, 0.717) is 5.69 Å². The first-order valence-electron chi connectivity index (χ1n) is 11.3. The molecule has 4 aromatic rings. The maximum absolute atomic E-state index is 13.2. The van der Waals surface area contributed by atoms with Crippen LogP contribution in [0, 0.1) is 13.8 Å². The standard InChI is InChI=1S/C29H23N3O3/c1-19-17-23(18-26-27(33)30-29(35)32(28(26)34)24-11-7-4-8-12-24)20(2)31(19)25-15-13-22(14-16-25)21-9-5-3-6-10-21/h3-18H,1-2H3,(H,30,33,35)/b26-18-. The molecule has 1 fully saturated rings. The summed E-state index contributed by atoms with van der Waals surface area (Å²) in [6.45, 7) is 3.92. The summed E-state index contributed by atoms with van der Waals surface area (Å²) < 4.78 is 2.08. The van der Waals surface area contributed by atoms with Gasteiger partial charge in [-0.2, -0.15) is 0 Å². The molecule has 0 aliphatic carbocycles. The summed E-state index contributed by atoms with van der Waals surface area (Å²) in [5.41, 5.74) is 6.12. The van der Waals surface area contributed by atoms with Gasteiger partial charge < -0.3 is 4.57 Å². The second-order valence-corrected chi connectivity index (χ2v) is 8.37. The van der Waals surface area contributed by atoms with Crippen LogP contribution in [-0.2, 0) is 9.59 Å². The minimum Gasteiger partial charge on any atom is -0.318 e. The Bertz CT molecular complexity index is 1470. The lowest BCUT2D eigenvalue weighted by Gasteiger charge is -2.26. The summed E-state index contributed by atoms with van der Waals surface area (Å²) >= 11 is 0. The Kier molecular flexibility index (Phi) is 5.63. The molecular formula is C29H23N3O3. The number of nitrogens with zero attached hydrogens (tertiary/aromatic N) is 2. The van der Waals surface area contributed by atoms with Crippen molar-refractivity contribution in [3.63, 3.8) is 0 Å². The lowest BCUT2D eigenvalue weighted by Crippen LogP contribution is -2.54. The minimum absolute atomic E-state index is 0.0897. The molecule has 2 heterocycles. The third-order valence-corrected chi connectivity index (χ3v) is 6.12. The molecule has 0 unspecified atom stereocenters. The number of carbonyl (C=O) groups excluding carboxylic acids is 3. The van der Waals surface area contributed by atoms with Crippen LogP contribution < -0.4 is 10.2 Å². The molecule has 0 atom stereocenters. The second kappa shape index (κ2) is 8.91. The van der Waals surface area contributed by atoms with Crippen molar-refractivity contribution in [3.05, 3.63) is 114 Å². The van der Waals surface area contributed by atoms with Crippen LogP contribution >= 0.6 is 0 Å². The molecule has 6 nitrogen and oxygen atoms in total. The van der Waals surface area contributed by atoms with Crippen molar-refractivity contribution in [1.29, 1.82) is 0 Å². The van der Waals surface area contributed by atoms with E-state index in [-0.39, 0.29) is 5.57 Å². The summed E-state index contributed by atoms with van der Waals surface area (Å²) in [5, 5.41) is 2.28. The fraction of sp³-hybridized carbons (Fsp3) is 0.0690. The zero-order valence-electron chi connectivity index (χ0n) is 19.4. The van der Waals surface area contributed by atoms with E-state index in [0.717, 1.165) is 38.7 Å². The number of aromatic nitrogens is 1. The van der Waals surface area contributed by atoms with E-state index in [1.165, 1.54) is 0 Å². The van der Waals surface area contributed by atoms with E-state index < -0.39 is 17.8 Å². The summed E-state index contributed by atoms with van der Waals surface area (Å²) in [6, 6.07) is 28.1. The Morgan fingerprint density at radius 3 is 1.97 bits per heavy atom. The van der Waals surface area contributed by atoms with Crippen LogP contribution in [0.4, 0.5) is 10.5 Å². The Balaban J connectivity index is 1.50. The SMILES string of the molecule is Cc1cc(/C=C2/C(=O)NC(=O)N(c3ccccc3)C2=O)c(C)n1-c1ccc(-c2ccccc2)cc1. The summed E-state index contributed by atoms with van der Waals surface area (Å²) in [4.78, 5) is 39.1. The zero-order valence-corrected chi connectivity index (χ0v) is 19.4. The molecule has 1 aliphatic rings. The van der Waals surface area contributed by atoms with Crippen LogP contribution in [0.2, 0.25) is 0 Å². The van der Waals surface area contributed by atoms with Gasteiger partial charge in [0.15, 0.2) is 0 Å². The van der Waals surface area contributed by atoms with Crippen LogP contribution in [0.5, 0.6) is 0 Å². The Morgan fingerprint density at radius 2 is 1.31 bits per heavy atom. The van der Waals surface area contributed by atoms with Crippen molar-refractivity contribution in [2.75, 3.05) is 4.90 Å². The molecule has 3 aromatic carbocycles. The first kappa shape index (κ1) is 22.1. The van der Waals surface area contributed by atoms with Gasteiger partial charge >= 0.3 is 6.03 Å². The lowest BCUT2D eigenvalue weighted by molar-refractivity contribution is -0.122. The van der Waals surface area contributed by atoms with Crippen molar-refractivity contribution < 1.29 is 14.4 Å². The normalized spacial score (nSPS) is 15.0. The van der Waals surface area contributed by atoms with Gasteiger partial charge in [0.2, 0.25) is 0 Å². The third kappa shape index (κ3) is 4.06. The van der Waals surface area contributed by atoms with E-state index in [1.54, 1.807) is 36.4 Å². The highest BCUT2D eigenvalue weighted by Gasteiger charge is 2.36. The number of aryl methyl sites for hydroxylation is 1. The van der Waals surface area contributed by atoms with Crippen molar-refractivity contribution in [2.24, 2.45) is 0 Å². The second-order valence-electron chi connectivity index (χ2n) is 8.37. The Hall–Kier alpha value is -4.71. The Labute approximate surface area is 203 Å². The first-order chi connectivity index (χ1) is 16.9. The molecule has 1 aromatic heterocycles. The number of amides is 4. The van der Waals surface area contributed by atoms with E-state index in [4.69, 9.17) is 0 Å². The number of anilines is 1. The van der Waals surface area contributed by atoms with E-state index >= 15 is 0 Å². The molecule has 35 heavy (non-hydrogen) atoms.